The maximum Gasteiger partial charge on any atom is 0.255 e. The number of halogens is 1. The number of anilines is 1. The summed E-state index contributed by atoms with van der Waals surface area (Å²) in [6.07, 6.45) is 4.41. The van der Waals surface area contributed by atoms with Gasteiger partial charge in [-0.15, -0.1) is 0 Å². The SMILES string of the molecule is Cc1cc(F)ccc1N1CCCC(NC(=O)c2cnn(C)c2)C1=O. The molecule has 0 saturated carbocycles. The zero-order valence-corrected chi connectivity index (χ0v) is 13.6. The summed E-state index contributed by atoms with van der Waals surface area (Å²) in [6, 6.07) is 3.76. The first kappa shape index (κ1) is 16.2. The Hall–Kier alpha value is -2.70. The Kier molecular flexibility index (Phi) is 4.33. The molecule has 1 unspecified atom stereocenters. The van der Waals surface area contributed by atoms with Crippen LogP contribution in [0.2, 0.25) is 0 Å². The third-order valence-corrected chi connectivity index (χ3v) is 4.16. The predicted molar refractivity (Wildman–Crippen MR) is 87.2 cm³/mol. The fourth-order valence-corrected chi connectivity index (χ4v) is 2.95. The topological polar surface area (TPSA) is 67.2 Å². The number of hydrogen-bond acceptors (Lipinski definition) is 3. The van der Waals surface area contributed by atoms with E-state index in [4.69, 9.17) is 0 Å². The third kappa shape index (κ3) is 3.15. The van der Waals surface area contributed by atoms with Crippen LogP contribution in [-0.2, 0) is 11.8 Å². The van der Waals surface area contributed by atoms with Gasteiger partial charge in [-0.3, -0.25) is 14.3 Å². The van der Waals surface area contributed by atoms with Crippen molar-refractivity contribution in [3.8, 4) is 0 Å². The van der Waals surface area contributed by atoms with Crippen LogP contribution in [-0.4, -0.2) is 34.2 Å². The van der Waals surface area contributed by atoms with Crippen LogP contribution in [0.3, 0.4) is 0 Å². The number of piperidine rings is 1. The van der Waals surface area contributed by atoms with Gasteiger partial charge in [0.05, 0.1) is 11.8 Å². The van der Waals surface area contributed by atoms with E-state index in [2.05, 4.69) is 10.4 Å². The molecule has 3 rings (SSSR count). The average Bonchev–Trinajstić information content (AvgIpc) is 2.97. The summed E-state index contributed by atoms with van der Waals surface area (Å²) in [5.74, 6) is -0.825. The van der Waals surface area contributed by atoms with Crippen molar-refractivity contribution >= 4 is 17.5 Å². The van der Waals surface area contributed by atoms with Gasteiger partial charge in [0, 0.05) is 25.5 Å². The van der Waals surface area contributed by atoms with Gasteiger partial charge in [-0.2, -0.15) is 5.10 Å². The molecule has 1 aromatic carbocycles. The lowest BCUT2D eigenvalue weighted by Crippen LogP contribution is -2.52. The first-order chi connectivity index (χ1) is 11.5. The highest BCUT2D eigenvalue weighted by atomic mass is 19.1. The number of nitrogens with one attached hydrogen (secondary N) is 1. The molecule has 1 atom stereocenters. The van der Waals surface area contributed by atoms with Gasteiger partial charge in [0.15, 0.2) is 0 Å². The summed E-state index contributed by atoms with van der Waals surface area (Å²) in [6.45, 7) is 2.33. The number of amides is 2. The minimum absolute atomic E-state index is 0.173. The van der Waals surface area contributed by atoms with Crippen LogP contribution in [0.5, 0.6) is 0 Å². The molecular weight excluding hydrogens is 311 g/mol. The Balaban J connectivity index is 1.76. The summed E-state index contributed by atoms with van der Waals surface area (Å²) in [7, 11) is 1.72. The minimum Gasteiger partial charge on any atom is -0.340 e. The quantitative estimate of drug-likeness (QED) is 0.933. The average molecular weight is 330 g/mol. The molecule has 24 heavy (non-hydrogen) atoms. The van der Waals surface area contributed by atoms with Gasteiger partial charge in [-0.25, -0.2) is 4.39 Å². The minimum atomic E-state index is -0.587. The molecule has 2 heterocycles. The zero-order chi connectivity index (χ0) is 17.3. The van der Waals surface area contributed by atoms with Crippen molar-refractivity contribution in [2.45, 2.75) is 25.8 Å². The molecule has 0 radical (unpaired) electrons. The van der Waals surface area contributed by atoms with E-state index in [0.717, 1.165) is 6.42 Å². The fraction of sp³-hybridized carbons (Fsp3) is 0.353. The van der Waals surface area contributed by atoms with Gasteiger partial charge in [0.25, 0.3) is 5.91 Å². The first-order valence-corrected chi connectivity index (χ1v) is 7.83. The Morgan fingerprint density at radius 2 is 2.21 bits per heavy atom. The molecule has 1 saturated heterocycles. The van der Waals surface area contributed by atoms with Gasteiger partial charge < -0.3 is 10.2 Å². The van der Waals surface area contributed by atoms with E-state index in [9.17, 15) is 14.0 Å². The summed E-state index contributed by atoms with van der Waals surface area (Å²) < 4.78 is 14.8. The van der Waals surface area contributed by atoms with Crippen molar-refractivity contribution in [2.24, 2.45) is 7.05 Å². The van der Waals surface area contributed by atoms with Gasteiger partial charge in [-0.05, 0) is 43.5 Å². The molecule has 1 aliphatic heterocycles. The van der Waals surface area contributed by atoms with Crippen LogP contribution in [0.1, 0.15) is 28.8 Å². The molecule has 1 fully saturated rings. The lowest BCUT2D eigenvalue weighted by molar-refractivity contribution is -0.121. The molecule has 2 amide bonds. The van der Waals surface area contributed by atoms with Crippen LogP contribution >= 0.6 is 0 Å². The van der Waals surface area contributed by atoms with Gasteiger partial charge in [0.2, 0.25) is 5.91 Å². The van der Waals surface area contributed by atoms with Crippen molar-refractivity contribution in [2.75, 3.05) is 11.4 Å². The number of carbonyl (C=O) groups excluding carboxylic acids is 2. The second kappa shape index (κ2) is 6.43. The van der Waals surface area contributed by atoms with Crippen molar-refractivity contribution < 1.29 is 14.0 Å². The van der Waals surface area contributed by atoms with Crippen LogP contribution in [0.25, 0.3) is 0 Å². The highest BCUT2D eigenvalue weighted by Gasteiger charge is 2.31. The highest BCUT2D eigenvalue weighted by Crippen LogP contribution is 2.25. The number of nitrogens with zero attached hydrogens (tertiary/aromatic N) is 3. The number of hydrogen-bond donors (Lipinski definition) is 1. The van der Waals surface area contributed by atoms with E-state index in [1.807, 2.05) is 0 Å². The second-order valence-electron chi connectivity index (χ2n) is 5.99. The molecule has 1 aliphatic rings. The van der Waals surface area contributed by atoms with Crippen molar-refractivity contribution in [3.63, 3.8) is 0 Å². The molecule has 0 aliphatic carbocycles. The van der Waals surface area contributed by atoms with E-state index < -0.39 is 6.04 Å². The number of aromatic nitrogens is 2. The highest BCUT2D eigenvalue weighted by molar-refractivity contribution is 6.03. The smallest absolute Gasteiger partial charge is 0.255 e. The van der Waals surface area contributed by atoms with Crippen molar-refractivity contribution in [1.29, 1.82) is 0 Å². The number of carbonyl (C=O) groups is 2. The summed E-state index contributed by atoms with van der Waals surface area (Å²) >= 11 is 0. The van der Waals surface area contributed by atoms with Crippen LogP contribution in [0.4, 0.5) is 10.1 Å². The van der Waals surface area contributed by atoms with E-state index in [0.29, 0.717) is 29.8 Å². The standard InChI is InChI=1S/C17H19FN4O2/c1-11-8-13(18)5-6-15(11)22-7-3-4-14(17(22)24)20-16(23)12-9-19-21(2)10-12/h5-6,8-10,14H,3-4,7H2,1-2H3,(H,20,23). The fourth-order valence-electron chi connectivity index (χ4n) is 2.95. The number of benzene rings is 1. The van der Waals surface area contributed by atoms with Crippen LogP contribution < -0.4 is 10.2 Å². The zero-order valence-electron chi connectivity index (χ0n) is 13.6. The molecule has 7 heteroatoms. The molecule has 0 bridgehead atoms. The Morgan fingerprint density at radius 1 is 1.42 bits per heavy atom. The predicted octanol–water partition coefficient (Wildman–Crippen LogP) is 1.79. The lowest BCUT2D eigenvalue weighted by Gasteiger charge is -2.33. The van der Waals surface area contributed by atoms with E-state index in [1.54, 1.807) is 31.1 Å². The maximum atomic E-state index is 13.3. The monoisotopic (exact) mass is 330 g/mol. The van der Waals surface area contributed by atoms with E-state index in [1.165, 1.54) is 23.0 Å². The molecule has 6 nitrogen and oxygen atoms in total. The second-order valence-corrected chi connectivity index (χ2v) is 5.99. The maximum absolute atomic E-state index is 13.3. The Morgan fingerprint density at radius 3 is 2.88 bits per heavy atom. The van der Waals surface area contributed by atoms with Crippen LogP contribution in [0.15, 0.2) is 30.6 Å². The molecular formula is C17H19FN4O2. The Labute approximate surface area is 139 Å². The number of rotatable bonds is 3. The van der Waals surface area contributed by atoms with Gasteiger partial charge in [0.1, 0.15) is 11.9 Å². The molecule has 1 N–H and O–H groups in total. The van der Waals surface area contributed by atoms with Crippen molar-refractivity contribution in [3.05, 3.63) is 47.5 Å². The van der Waals surface area contributed by atoms with E-state index >= 15 is 0 Å². The Bertz CT molecular complexity index is 787. The first-order valence-electron chi connectivity index (χ1n) is 7.83. The normalized spacial score (nSPS) is 17.9. The van der Waals surface area contributed by atoms with E-state index in [-0.39, 0.29) is 17.6 Å². The molecule has 2 aromatic rings. The lowest BCUT2D eigenvalue weighted by atomic mass is 10.0. The summed E-state index contributed by atoms with van der Waals surface area (Å²) in [4.78, 5) is 26.6. The molecule has 1 aromatic heterocycles. The summed E-state index contributed by atoms with van der Waals surface area (Å²) in [5.41, 5.74) is 1.80. The molecule has 0 spiro atoms. The molecule has 126 valence electrons. The van der Waals surface area contributed by atoms with Crippen molar-refractivity contribution in [1.82, 2.24) is 15.1 Å². The third-order valence-electron chi connectivity index (χ3n) is 4.16. The van der Waals surface area contributed by atoms with Gasteiger partial charge in [-0.1, -0.05) is 0 Å². The largest absolute Gasteiger partial charge is 0.340 e. The van der Waals surface area contributed by atoms with Crippen LogP contribution in [0, 0.1) is 12.7 Å². The summed E-state index contributed by atoms with van der Waals surface area (Å²) in [5, 5.41) is 6.73. The van der Waals surface area contributed by atoms with Gasteiger partial charge >= 0.3 is 0 Å². The number of aryl methyl sites for hydroxylation is 2.